The Morgan fingerprint density at radius 3 is 2.48 bits per heavy atom. The molecular formula is C22H16F3N5O2S. The summed E-state index contributed by atoms with van der Waals surface area (Å²) < 4.78 is 40.9. The first kappa shape index (κ1) is 22.2. The number of alkyl halides is 3. The van der Waals surface area contributed by atoms with Crippen molar-refractivity contribution in [1.29, 1.82) is 0 Å². The van der Waals surface area contributed by atoms with E-state index in [1.165, 1.54) is 27.9 Å². The molecule has 0 unspecified atom stereocenters. The minimum atomic E-state index is -4.52. The second kappa shape index (κ2) is 8.51. The third-order valence-electron chi connectivity index (χ3n) is 4.95. The van der Waals surface area contributed by atoms with Crippen LogP contribution in [-0.2, 0) is 6.18 Å². The van der Waals surface area contributed by atoms with E-state index in [2.05, 4.69) is 10.4 Å². The van der Waals surface area contributed by atoms with Crippen LogP contribution in [-0.4, -0.2) is 33.3 Å². The van der Waals surface area contributed by atoms with Crippen molar-refractivity contribution >= 4 is 40.7 Å². The summed E-state index contributed by atoms with van der Waals surface area (Å²) in [6.07, 6.45) is -1.72. The number of primary amides is 1. The molecule has 3 N–H and O–H groups in total. The van der Waals surface area contributed by atoms with E-state index in [4.69, 9.17) is 18.0 Å². The molecule has 1 aliphatic rings. The predicted octanol–water partition coefficient (Wildman–Crippen LogP) is 3.42. The fourth-order valence-corrected chi connectivity index (χ4v) is 3.66. The van der Waals surface area contributed by atoms with Gasteiger partial charge in [0.15, 0.2) is 10.9 Å². The maximum atomic E-state index is 13.2. The van der Waals surface area contributed by atoms with Crippen LogP contribution >= 0.6 is 12.2 Å². The Morgan fingerprint density at radius 2 is 1.82 bits per heavy atom. The monoisotopic (exact) mass is 471 g/mol. The molecule has 0 fully saturated rings. The van der Waals surface area contributed by atoms with Crippen molar-refractivity contribution in [3.05, 3.63) is 89.1 Å². The number of fused-ring (bicyclic) bond motifs is 1. The quantitative estimate of drug-likeness (QED) is 0.571. The van der Waals surface area contributed by atoms with E-state index < -0.39 is 23.6 Å². The van der Waals surface area contributed by atoms with Crippen LogP contribution in [0.2, 0.25) is 0 Å². The molecule has 1 aliphatic heterocycles. The molecule has 0 bridgehead atoms. The van der Waals surface area contributed by atoms with E-state index in [1.807, 2.05) is 0 Å². The van der Waals surface area contributed by atoms with Crippen molar-refractivity contribution in [1.82, 2.24) is 15.1 Å². The number of aromatic nitrogens is 2. The predicted molar refractivity (Wildman–Crippen MR) is 119 cm³/mol. The molecular weight excluding hydrogens is 455 g/mol. The summed E-state index contributed by atoms with van der Waals surface area (Å²) >= 11 is 5.39. The lowest BCUT2D eigenvalue weighted by Crippen LogP contribution is -2.45. The number of nitrogens with two attached hydrogens (primary N) is 1. The molecule has 11 heteroatoms. The van der Waals surface area contributed by atoms with Gasteiger partial charge in [-0.15, -0.1) is 0 Å². The van der Waals surface area contributed by atoms with Crippen LogP contribution < -0.4 is 16.0 Å². The van der Waals surface area contributed by atoms with E-state index in [0.29, 0.717) is 11.3 Å². The zero-order valence-electron chi connectivity index (χ0n) is 16.8. The first-order valence-corrected chi connectivity index (χ1v) is 10.0. The number of amides is 2. The van der Waals surface area contributed by atoms with Gasteiger partial charge in [0.05, 0.1) is 17.5 Å². The molecule has 0 saturated carbocycles. The minimum absolute atomic E-state index is 0.00360. The Bertz CT molecular complexity index is 1280. The van der Waals surface area contributed by atoms with Crippen LogP contribution in [0.5, 0.6) is 0 Å². The van der Waals surface area contributed by atoms with Gasteiger partial charge >= 0.3 is 6.18 Å². The maximum Gasteiger partial charge on any atom is 0.416 e. The van der Waals surface area contributed by atoms with Gasteiger partial charge in [-0.25, -0.2) is 4.68 Å². The SMILES string of the molecule is NC(=O)c1cnn2c1N(C(=S)NC(=O)c1ccccc1)CC=C2c1cccc(C(F)(F)F)c1. The highest BCUT2D eigenvalue weighted by atomic mass is 32.1. The molecule has 3 aromatic rings. The summed E-state index contributed by atoms with van der Waals surface area (Å²) in [6.45, 7) is 0.0610. The number of hydrogen-bond donors (Lipinski definition) is 2. The molecule has 0 radical (unpaired) electrons. The second-order valence-corrected chi connectivity index (χ2v) is 7.45. The van der Waals surface area contributed by atoms with Crippen LogP contribution in [0.1, 0.15) is 31.8 Å². The molecule has 0 aliphatic carbocycles. The molecule has 7 nitrogen and oxygen atoms in total. The molecule has 0 atom stereocenters. The number of anilines is 1. The van der Waals surface area contributed by atoms with Crippen molar-refractivity contribution in [3.8, 4) is 0 Å². The summed E-state index contributed by atoms with van der Waals surface area (Å²) in [6, 6.07) is 13.1. The van der Waals surface area contributed by atoms with Crippen LogP contribution in [0.3, 0.4) is 0 Å². The van der Waals surface area contributed by atoms with E-state index >= 15 is 0 Å². The number of nitrogens with one attached hydrogen (secondary N) is 1. The van der Waals surface area contributed by atoms with Crippen LogP contribution in [0.25, 0.3) is 5.70 Å². The highest BCUT2D eigenvalue weighted by Gasteiger charge is 2.33. The largest absolute Gasteiger partial charge is 0.416 e. The normalized spacial score (nSPS) is 13.2. The second-order valence-electron chi connectivity index (χ2n) is 7.06. The van der Waals surface area contributed by atoms with Crippen molar-refractivity contribution < 1.29 is 22.8 Å². The summed E-state index contributed by atoms with van der Waals surface area (Å²) in [4.78, 5) is 26.0. The highest BCUT2D eigenvalue weighted by Crippen LogP contribution is 2.34. The van der Waals surface area contributed by atoms with Crippen LogP contribution in [0.15, 0.2) is 66.9 Å². The average Bonchev–Trinajstić information content (AvgIpc) is 3.24. The number of carbonyl (C=O) groups is 2. The molecule has 2 heterocycles. The van der Waals surface area contributed by atoms with Crippen molar-refractivity contribution in [2.24, 2.45) is 5.73 Å². The number of carbonyl (C=O) groups excluding carboxylic acids is 2. The van der Waals surface area contributed by atoms with Gasteiger partial charge in [-0.05, 0) is 42.6 Å². The van der Waals surface area contributed by atoms with Gasteiger partial charge in [0.25, 0.3) is 11.8 Å². The van der Waals surface area contributed by atoms with E-state index in [1.54, 1.807) is 36.4 Å². The molecule has 1 aromatic heterocycles. The number of nitrogens with zero attached hydrogens (tertiary/aromatic N) is 3. The maximum absolute atomic E-state index is 13.2. The molecule has 2 aromatic carbocycles. The topological polar surface area (TPSA) is 93.2 Å². The summed E-state index contributed by atoms with van der Waals surface area (Å²) in [7, 11) is 0. The van der Waals surface area contributed by atoms with Gasteiger partial charge in [0.2, 0.25) is 0 Å². The third kappa shape index (κ3) is 4.35. The Labute approximate surface area is 191 Å². The van der Waals surface area contributed by atoms with Gasteiger partial charge in [-0.1, -0.05) is 30.3 Å². The van der Waals surface area contributed by atoms with E-state index in [0.717, 1.165) is 12.1 Å². The third-order valence-corrected chi connectivity index (χ3v) is 5.27. The first-order valence-electron chi connectivity index (χ1n) is 9.60. The fraction of sp³-hybridized carbons (Fsp3) is 0.0909. The number of thiocarbonyl (C=S) groups is 1. The van der Waals surface area contributed by atoms with E-state index in [9.17, 15) is 22.8 Å². The molecule has 4 rings (SSSR count). The number of rotatable bonds is 3. The Morgan fingerprint density at radius 1 is 1.09 bits per heavy atom. The minimum Gasteiger partial charge on any atom is -0.365 e. The lowest BCUT2D eigenvalue weighted by Gasteiger charge is -2.30. The molecule has 33 heavy (non-hydrogen) atoms. The van der Waals surface area contributed by atoms with Crippen molar-refractivity contribution in [3.63, 3.8) is 0 Å². The smallest absolute Gasteiger partial charge is 0.365 e. The zero-order chi connectivity index (χ0) is 23.8. The van der Waals surface area contributed by atoms with E-state index in [-0.39, 0.29) is 28.6 Å². The first-order chi connectivity index (χ1) is 15.7. The lowest BCUT2D eigenvalue weighted by molar-refractivity contribution is -0.137. The zero-order valence-corrected chi connectivity index (χ0v) is 17.7. The van der Waals surface area contributed by atoms with Gasteiger partial charge < -0.3 is 5.73 Å². The highest BCUT2D eigenvalue weighted by molar-refractivity contribution is 7.80. The summed E-state index contributed by atoms with van der Waals surface area (Å²) in [5.41, 5.74) is 5.60. The Hall–Kier alpha value is -3.99. The molecule has 0 saturated heterocycles. The lowest BCUT2D eigenvalue weighted by atomic mass is 10.1. The summed E-state index contributed by atoms with van der Waals surface area (Å²) in [5.74, 6) is -1.11. The van der Waals surface area contributed by atoms with Gasteiger partial charge in [0, 0.05) is 17.7 Å². The number of benzene rings is 2. The van der Waals surface area contributed by atoms with Crippen LogP contribution in [0, 0.1) is 0 Å². The molecule has 2 amide bonds. The molecule has 0 spiro atoms. The van der Waals surface area contributed by atoms with Crippen LogP contribution in [0.4, 0.5) is 19.0 Å². The Balaban J connectivity index is 1.71. The van der Waals surface area contributed by atoms with Gasteiger partial charge in [-0.3, -0.25) is 19.8 Å². The van der Waals surface area contributed by atoms with Crippen molar-refractivity contribution in [2.45, 2.75) is 6.18 Å². The number of halogens is 3. The standard InChI is InChI=1S/C22H16F3N5O2S/c23-22(24,25)15-8-4-7-14(11-15)17-9-10-29(20-16(18(26)31)12-27-30(17)20)21(33)28-19(32)13-5-2-1-3-6-13/h1-9,11-12H,10H2,(H2,26,31)(H,28,32,33). The average molecular weight is 471 g/mol. The fourth-order valence-electron chi connectivity index (χ4n) is 3.40. The summed E-state index contributed by atoms with van der Waals surface area (Å²) in [5, 5.41) is 6.72. The van der Waals surface area contributed by atoms with Gasteiger partial charge in [-0.2, -0.15) is 18.3 Å². The van der Waals surface area contributed by atoms with Gasteiger partial charge in [0.1, 0.15) is 5.56 Å². The molecule has 168 valence electrons. The number of hydrogen-bond acceptors (Lipinski definition) is 4. The van der Waals surface area contributed by atoms with Crippen molar-refractivity contribution in [2.75, 3.05) is 11.4 Å². The Kier molecular flexibility index (Phi) is 5.73.